The van der Waals surface area contributed by atoms with Gasteiger partial charge in [-0.15, -0.1) is 0 Å². The van der Waals surface area contributed by atoms with Gasteiger partial charge < -0.3 is 5.32 Å². The Morgan fingerprint density at radius 1 is 1.23 bits per heavy atom. The second kappa shape index (κ2) is 2.71. The summed E-state index contributed by atoms with van der Waals surface area (Å²) in [5.41, 5.74) is 4.54. The molecule has 1 aromatic rings. The molecule has 1 aromatic carbocycles. The summed E-state index contributed by atoms with van der Waals surface area (Å²) >= 11 is 0. The molecule has 0 aromatic heterocycles. The van der Waals surface area contributed by atoms with Crippen molar-refractivity contribution >= 4 is 6.08 Å². The highest BCUT2D eigenvalue weighted by Gasteiger charge is 2.24. The van der Waals surface area contributed by atoms with Gasteiger partial charge >= 0.3 is 0 Å². The van der Waals surface area contributed by atoms with E-state index in [4.69, 9.17) is 0 Å². The Hall–Kier alpha value is -1.08. The monoisotopic (exact) mass is 171 g/mol. The minimum atomic E-state index is 0.773. The van der Waals surface area contributed by atoms with E-state index in [1.54, 1.807) is 5.57 Å². The predicted molar refractivity (Wildman–Crippen MR) is 54.5 cm³/mol. The molecule has 1 N–H and O–H groups in total. The lowest BCUT2D eigenvalue weighted by Gasteiger charge is -2.19. The lowest BCUT2D eigenvalue weighted by atomic mass is 9.85. The van der Waals surface area contributed by atoms with Crippen LogP contribution < -0.4 is 5.32 Å². The lowest BCUT2D eigenvalue weighted by Crippen LogP contribution is -2.13. The first-order valence-electron chi connectivity index (χ1n) is 4.92. The Balaban J connectivity index is 2.10. The van der Waals surface area contributed by atoms with Crippen LogP contribution in [0, 0.1) is 5.92 Å². The predicted octanol–water partition coefficient (Wildman–Crippen LogP) is 1.85. The van der Waals surface area contributed by atoms with Gasteiger partial charge in [-0.2, -0.15) is 0 Å². The van der Waals surface area contributed by atoms with Gasteiger partial charge in [0.1, 0.15) is 0 Å². The summed E-state index contributed by atoms with van der Waals surface area (Å²) in [6, 6.07) is 8.73. The number of fused-ring (bicyclic) bond motifs is 2. The number of nitrogens with one attached hydrogen (secondary N) is 1. The van der Waals surface area contributed by atoms with Crippen LogP contribution in [0.1, 0.15) is 11.1 Å². The van der Waals surface area contributed by atoms with Gasteiger partial charge in [0.2, 0.25) is 0 Å². The van der Waals surface area contributed by atoms with E-state index in [0.29, 0.717) is 0 Å². The molecule has 0 radical (unpaired) electrons. The van der Waals surface area contributed by atoms with Crippen LogP contribution in [0.2, 0.25) is 0 Å². The van der Waals surface area contributed by atoms with Gasteiger partial charge in [-0.1, -0.05) is 35.9 Å². The van der Waals surface area contributed by atoms with E-state index >= 15 is 0 Å². The fourth-order valence-corrected chi connectivity index (χ4v) is 2.36. The summed E-state index contributed by atoms with van der Waals surface area (Å²) < 4.78 is 0. The Morgan fingerprint density at radius 3 is 3.15 bits per heavy atom. The van der Waals surface area contributed by atoms with Crippen molar-refractivity contribution in [2.24, 2.45) is 5.92 Å². The topological polar surface area (TPSA) is 12.0 Å². The van der Waals surface area contributed by atoms with Crippen molar-refractivity contribution in [3.05, 3.63) is 41.0 Å². The highest BCUT2D eigenvalue weighted by atomic mass is 14.9. The van der Waals surface area contributed by atoms with Gasteiger partial charge in [0.05, 0.1) is 0 Å². The highest BCUT2D eigenvalue weighted by molar-refractivity contribution is 5.61. The first-order chi connectivity index (χ1) is 6.43. The molecule has 2 aliphatic rings. The molecule has 1 aliphatic heterocycles. The van der Waals surface area contributed by atoms with Crippen LogP contribution in [0.25, 0.3) is 6.08 Å². The van der Waals surface area contributed by atoms with Gasteiger partial charge in [0.15, 0.2) is 0 Å². The van der Waals surface area contributed by atoms with Crippen LogP contribution in [0.3, 0.4) is 0 Å². The molecule has 1 aliphatic carbocycles. The lowest BCUT2D eigenvalue weighted by molar-refractivity contribution is 0.645. The molecule has 1 saturated heterocycles. The van der Waals surface area contributed by atoms with Crippen molar-refractivity contribution in [3.8, 4) is 0 Å². The quantitative estimate of drug-likeness (QED) is 0.628. The first kappa shape index (κ1) is 7.34. The van der Waals surface area contributed by atoms with Crippen molar-refractivity contribution in [2.45, 2.75) is 6.42 Å². The smallest absolute Gasteiger partial charge is 0.0171 e. The van der Waals surface area contributed by atoms with E-state index in [9.17, 15) is 0 Å². The summed E-state index contributed by atoms with van der Waals surface area (Å²) in [4.78, 5) is 0. The molecule has 1 fully saturated rings. The van der Waals surface area contributed by atoms with Gasteiger partial charge in [-0.25, -0.2) is 0 Å². The molecule has 1 nitrogen and oxygen atoms in total. The molecule has 1 unspecified atom stereocenters. The third kappa shape index (κ3) is 1.11. The normalized spacial score (nSPS) is 24.9. The maximum atomic E-state index is 3.43. The largest absolute Gasteiger partial charge is 0.312 e. The Bertz CT molecular complexity index is 365. The molecule has 3 rings (SSSR count). The third-order valence-electron chi connectivity index (χ3n) is 3.11. The maximum absolute atomic E-state index is 3.43. The Kier molecular flexibility index (Phi) is 1.53. The molecule has 1 atom stereocenters. The van der Waals surface area contributed by atoms with E-state index in [2.05, 4.69) is 35.7 Å². The van der Waals surface area contributed by atoms with Crippen molar-refractivity contribution in [2.75, 3.05) is 13.1 Å². The molecule has 0 saturated carbocycles. The molecule has 1 heteroatoms. The third-order valence-corrected chi connectivity index (χ3v) is 3.11. The minimum absolute atomic E-state index is 0.773. The van der Waals surface area contributed by atoms with Crippen LogP contribution >= 0.6 is 0 Å². The first-order valence-corrected chi connectivity index (χ1v) is 4.92. The summed E-state index contributed by atoms with van der Waals surface area (Å²) in [6.07, 6.45) is 3.60. The zero-order valence-electron chi connectivity index (χ0n) is 7.59. The molecule has 13 heavy (non-hydrogen) atoms. The fourth-order valence-electron chi connectivity index (χ4n) is 2.36. The molecular formula is C12H13N. The second-order valence-electron chi connectivity index (χ2n) is 3.95. The number of benzene rings is 1. The number of hydrogen-bond acceptors (Lipinski definition) is 1. The summed E-state index contributed by atoms with van der Waals surface area (Å²) in [6.45, 7) is 2.26. The molecule has 0 spiro atoms. The van der Waals surface area contributed by atoms with E-state index in [1.807, 2.05) is 0 Å². The molecule has 66 valence electrons. The molecular weight excluding hydrogens is 158 g/mol. The van der Waals surface area contributed by atoms with Crippen LogP contribution in [0.4, 0.5) is 0 Å². The van der Waals surface area contributed by atoms with E-state index in [-0.39, 0.29) is 0 Å². The number of rotatable bonds is 0. The van der Waals surface area contributed by atoms with Crippen molar-refractivity contribution in [1.82, 2.24) is 5.32 Å². The summed E-state index contributed by atoms with van der Waals surface area (Å²) in [7, 11) is 0. The van der Waals surface area contributed by atoms with Crippen LogP contribution in [-0.4, -0.2) is 13.1 Å². The summed E-state index contributed by atoms with van der Waals surface area (Å²) in [5.74, 6) is 0.773. The second-order valence-corrected chi connectivity index (χ2v) is 3.95. The average molecular weight is 171 g/mol. The van der Waals surface area contributed by atoms with Crippen LogP contribution in [0.5, 0.6) is 0 Å². The average Bonchev–Trinajstić information content (AvgIpc) is 2.61. The van der Waals surface area contributed by atoms with E-state index in [0.717, 1.165) is 12.5 Å². The Morgan fingerprint density at radius 2 is 2.15 bits per heavy atom. The fraction of sp³-hybridized carbons (Fsp3) is 0.333. The van der Waals surface area contributed by atoms with Crippen molar-refractivity contribution < 1.29 is 0 Å². The van der Waals surface area contributed by atoms with Crippen LogP contribution in [-0.2, 0) is 6.42 Å². The van der Waals surface area contributed by atoms with Crippen LogP contribution in [0.15, 0.2) is 29.8 Å². The highest BCUT2D eigenvalue weighted by Crippen LogP contribution is 2.30. The zero-order valence-corrected chi connectivity index (χ0v) is 7.59. The molecule has 0 bridgehead atoms. The SMILES string of the molecule is C1=C2CNCC2Cc2ccccc21. The minimum Gasteiger partial charge on any atom is -0.312 e. The Labute approximate surface area is 78.5 Å². The maximum Gasteiger partial charge on any atom is 0.0171 e. The van der Waals surface area contributed by atoms with Crippen molar-refractivity contribution in [3.63, 3.8) is 0 Å². The van der Waals surface area contributed by atoms with E-state index in [1.165, 1.54) is 24.1 Å². The standard InChI is InChI=1S/C12H13N/c1-2-4-10-6-12-8-13-7-11(12)5-9(10)3-1/h1-5,12-13H,6-8H2. The van der Waals surface area contributed by atoms with Gasteiger partial charge in [0.25, 0.3) is 0 Å². The molecule has 1 heterocycles. The van der Waals surface area contributed by atoms with Gasteiger partial charge in [-0.3, -0.25) is 0 Å². The van der Waals surface area contributed by atoms with Crippen molar-refractivity contribution in [1.29, 1.82) is 0 Å². The van der Waals surface area contributed by atoms with Gasteiger partial charge in [0, 0.05) is 13.1 Å². The molecule has 0 amide bonds. The van der Waals surface area contributed by atoms with E-state index < -0.39 is 0 Å². The van der Waals surface area contributed by atoms with Gasteiger partial charge in [-0.05, 0) is 23.5 Å². The number of hydrogen-bond donors (Lipinski definition) is 1. The summed E-state index contributed by atoms with van der Waals surface area (Å²) in [5, 5.41) is 3.43. The zero-order chi connectivity index (χ0) is 8.67.